The molecule has 0 radical (unpaired) electrons. The van der Waals surface area contributed by atoms with Crippen LogP contribution in [0.25, 0.3) is 0 Å². The van der Waals surface area contributed by atoms with Gasteiger partial charge in [0.05, 0.1) is 12.2 Å². The molecule has 0 saturated carbocycles. The fourth-order valence-electron chi connectivity index (χ4n) is 2.47. The third-order valence-corrected chi connectivity index (χ3v) is 4.32. The summed E-state index contributed by atoms with van der Waals surface area (Å²) < 4.78 is 5.64. The Morgan fingerprint density at radius 3 is 2.71 bits per heavy atom. The van der Waals surface area contributed by atoms with Crippen LogP contribution >= 0.6 is 11.8 Å². The van der Waals surface area contributed by atoms with E-state index in [0.29, 0.717) is 12.5 Å². The molecule has 1 amide bonds. The quantitative estimate of drug-likeness (QED) is 0.792. The first kappa shape index (κ1) is 13.2. The molecular weight excluding hydrogens is 236 g/mol. The maximum Gasteiger partial charge on any atom is 0.224 e. The van der Waals surface area contributed by atoms with Crippen LogP contribution in [0.1, 0.15) is 20.3 Å². The molecule has 0 bridgehead atoms. The second-order valence-corrected chi connectivity index (χ2v) is 6.14. The Balaban J connectivity index is 1.81. The molecule has 0 spiro atoms. The predicted molar refractivity (Wildman–Crippen MR) is 70.3 cm³/mol. The minimum atomic E-state index is 0.163. The molecule has 2 saturated heterocycles. The highest BCUT2D eigenvalue weighted by Crippen LogP contribution is 2.15. The Labute approximate surface area is 107 Å². The molecule has 2 aliphatic heterocycles. The summed E-state index contributed by atoms with van der Waals surface area (Å²) in [5.74, 6) is 2.49. The number of ether oxygens (including phenoxy) is 1. The van der Waals surface area contributed by atoms with Crippen molar-refractivity contribution in [3.63, 3.8) is 0 Å². The molecule has 2 aliphatic rings. The summed E-state index contributed by atoms with van der Waals surface area (Å²) in [6.45, 7) is 6.57. The third-order valence-electron chi connectivity index (χ3n) is 3.19. The molecule has 98 valence electrons. The van der Waals surface area contributed by atoms with E-state index in [1.165, 1.54) is 0 Å². The standard InChI is InChI=1S/C12H22N2O2S/c1-9-6-14(7-10(2)16-9)12(15)5-11-8-17-4-3-13-11/h9-11,13H,3-8H2,1-2H3. The van der Waals surface area contributed by atoms with Crippen molar-refractivity contribution in [3.8, 4) is 0 Å². The van der Waals surface area contributed by atoms with Gasteiger partial charge in [-0.15, -0.1) is 0 Å². The number of hydrogen-bond acceptors (Lipinski definition) is 4. The largest absolute Gasteiger partial charge is 0.372 e. The Bertz CT molecular complexity index is 259. The van der Waals surface area contributed by atoms with E-state index < -0.39 is 0 Å². The van der Waals surface area contributed by atoms with Gasteiger partial charge in [-0.25, -0.2) is 0 Å². The lowest BCUT2D eigenvalue weighted by atomic mass is 10.1. The van der Waals surface area contributed by atoms with Crippen molar-refractivity contribution in [1.82, 2.24) is 10.2 Å². The van der Waals surface area contributed by atoms with Crippen LogP contribution in [0.4, 0.5) is 0 Å². The fourth-order valence-corrected chi connectivity index (χ4v) is 3.42. The monoisotopic (exact) mass is 258 g/mol. The number of nitrogens with one attached hydrogen (secondary N) is 1. The number of hydrogen-bond donors (Lipinski definition) is 1. The second-order valence-electron chi connectivity index (χ2n) is 4.99. The zero-order valence-electron chi connectivity index (χ0n) is 10.6. The minimum Gasteiger partial charge on any atom is -0.372 e. The first-order valence-corrected chi connectivity index (χ1v) is 7.55. The van der Waals surface area contributed by atoms with Gasteiger partial charge in [-0.05, 0) is 13.8 Å². The van der Waals surface area contributed by atoms with E-state index in [-0.39, 0.29) is 18.1 Å². The molecule has 3 unspecified atom stereocenters. The van der Waals surface area contributed by atoms with Crippen LogP contribution < -0.4 is 5.32 Å². The van der Waals surface area contributed by atoms with Gasteiger partial charge in [-0.2, -0.15) is 11.8 Å². The van der Waals surface area contributed by atoms with Gasteiger partial charge >= 0.3 is 0 Å². The molecule has 2 heterocycles. The zero-order valence-corrected chi connectivity index (χ0v) is 11.5. The Kier molecular flexibility index (Phi) is 4.70. The van der Waals surface area contributed by atoms with Gasteiger partial charge < -0.3 is 15.0 Å². The van der Waals surface area contributed by atoms with Crippen LogP contribution in [-0.2, 0) is 9.53 Å². The molecule has 17 heavy (non-hydrogen) atoms. The molecule has 4 nitrogen and oxygen atoms in total. The molecule has 1 N–H and O–H groups in total. The highest BCUT2D eigenvalue weighted by molar-refractivity contribution is 7.99. The maximum absolute atomic E-state index is 12.2. The van der Waals surface area contributed by atoms with E-state index in [1.54, 1.807) is 0 Å². The van der Waals surface area contributed by atoms with Gasteiger partial charge in [-0.3, -0.25) is 4.79 Å². The lowest BCUT2D eigenvalue weighted by Gasteiger charge is -2.36. The molecule has 0 aromatic rings. The number of nitrogens with zero attached hydrogens (tertiary/aromatic N) is 1. The summed E-state index contributed by atoms with van der Waals surface area (Å²) in [5, 5.41) is 3.41. The summed E-state index contributed by atoms with van der Waals surface area (Å²) in [5.41, 5.74) is 0. The number of carbonyl (C=O) groups excluding carboxylic acids is 1. The molecule has 5 heteroatoms. The van der Waals surface area contributed by atoms with E-state index in [9.17, 15) is 4.79 Å². The van der Waals surface area contributed by atoms with Crippen molar-refractivity contribution in [2.45, 2.75) is 38.5 Å². The summed E-state index contributed by atoms with van der Waals surface area (Å²) in [6.07, 6.45) is 0.958. The van der Waals surface area contributed by atoms with Crippen molar-refractivity contribution in [2.24, 2.45) is 0 Å². The van der Waals surface area contributed by atoms with Crippen molar-refractivity contribution >= 4 is 17.7 Å². The van der Waals surface area contributed by atoms with Crippen molar-refractivity contribution in [2.75, 3.05) is 31.1 Å². The number of rotatable bonds is 2. The predicted octanol–water partition coefficient (Wildman–Crippen LogP) is 0.717. The topological polar surface area (TPSA) is 41.6 Å². The van der Waals surface area contributed by atoms with Gasteiger partial charge in [0.15, 0.2) is 0 Å². The second kappa shape index (κ2) is 6.07. The van der Waals surface area contributed by atoms with Crippen molar-refractivity contribution < 1.29 is 9.53 Å². The molecule has 0 aromatic heterocycles. The summed E-state index contributed by atoms with van der Waals surface area (Å²) in [4.78, 5) is 14.1. The number of carbonyl (C=O) groups is 1. The summed E-state index contributed by atoms with van der Waals surface area (Å²) >= 11 is 1.93. The Morgan fingerprint density at radius 2 is 2.12 bits per heavy atom. The van der Waals surface area contributed by atoms with Gasteiger partial charge in [0.1, 0.15) is 0 Å². The van der Waals surface area contributed by atoms with Crippen LogP contribution in [0, 0.1) is 0 Å². The molecule has 0 aromatic carbocycles. The van der Waals surface area contributed by atoms with Gasteiger partial charge in [0.2, 0.25) is 5.91 Å². The van der Waals surface area contributed by atoms with Gasteiger partial charge in [0, 0.05) is 43.6 Å². The smallest absolute Gasteiger partial charge is 0.224 e. The fraction of sp³-hybridized carbons (Fsp3) is 0.917. The number of morpholine rings is 1. The normalized spacial score (nSPS) is 34.7. The molecule has 3 atom stereocenters. The van der Waals surface area contributed by atoms with E-state index in [1.807, 2.05) is 30.5 Å². The van der Waals surface area contributed by atoms with E-state index >= 15 is 0 Å². The van der Waals surface area contributed by atoms with Crippen LogP contribution in [-0.4, -0.2) is 60.2 Å². The number of thioether (sulfide) groups is 1. The van der Waals surface area contributed by atoms with Crippen molar-refractivity contribution in [3.05, 3.63) is 0 Å². The van der Waals surface area contributed by atoms with Crippen LogP contribution in [0.2, 0.25) is 0 Å². The first-order valence-electron chi connectivity index (χ1n) is 6.39. The van der Waals surface area contributed by atoms with Crippen LogP contribution in [0.15, 0.2) is 0 Å². The maximum atomic E-state index is 12.2. The Morgan fingerprint density at radius 1 is 1.41 bits per heavy atom. The molecule has 2 rings (SSSR count). The third kappa shape index (κ3) is 3.86. The van der Waals surface area contributed by atoms with Gasteiger partial charge in [0.25, 0.3) is 0 Å². The summed E-state index contributed by atoms with van der Waals surface area (Å²) in [6, 6.07) is 0.356. The summed E-state index contributed by atoms with van der Waals surface area (Å²) in [7, 11) is 0. The van der Waals surface area contributed by atoms with Gasteiger partial charge in [-0.1, -0.05) is 0 Å². The lowest BCUT2D eigenvalue weighted by Crippen LogP contribution is -2.50. The minimum absolute atomic E-state index is 0.163. The molecular formula is C12H22N2O2S. The Hall–Kier alpha value is -0.260. The average molecular weight is 258 g/mol. The SMILES string of the molecule is CC1CN(C(=O)CC2CSCCN2)CC(C)O1. The van der Waals surface area contributed by atoms with E-state index in [0.717, 1.165) is 31.1 Å². The molecule has 0 aliphatic carbocycles. The average Bonchev–Trinajstić information content (AvgIpc) is 2.29. The number of amides is 1. The van der Waals surface area contributed by atoms with E-state index in [4.69, 9.17) is 4.74 Å². The highest BCUT2D eigenvalue weighted by atomic mass is 32.2. The lowest BCUT2D eigenvalue weighted by molar-refractivity contribution is -0.143. The van der Waals surface area contributed by atoms with E-state index in [2.05, 4.69) is 5.32 Å². The van der Waals surface area contributed by atoms with Crippen LogP contribution in [0.3, 0.4) is 0 Å². The first-order chi connectivity index (χ1) is 8.15. The van der Waals surface area contributed by atoms with Crippen molar-refractivity contribution in [1.29, 1.82) is 0 Å². The highest BCUT2D eigenvalue weighted by Gasteiger charge is 2.27. The van der Waals surface area contributed by atoms with Crippen LogP contribution in [0.5, 0.6) is 0 Å². The zero-order chi connectivity index (χ0) is 12.3. The molecule has 2 fully saturated rings.